The van der Waals surface area contributed by atoms with E-state index in [0.717, 1.165) is 13.8 Å². The molecular weight excluding hydrogens is 454 g/mol. The summed E-state index contributed by atoms with van der Waals surface area (Å²) in [5, 5.41) is 2.59. The van der Waals surface area contributed by atoms with Gasteiger partial charge in [-0.3, -0.25) is 24.0 Å². The van der Waals surface area contributed by atoms with Gasteiger partial charge in [0.25, 0.3) is 0 Å². The molecule has 1 amide bonds. The Morgan fingerprint density at radius 3 is 2.15 bits per heavy atom. The van der Waals surface area contributed by atoms with E-state index in [4.69, 9.17) is 28.4 Å². The van der Waals surface area contributed by atoms with Crippen LogP contribution in [0, 0.1) is 0 Å². The van der Waals surface area contributed by atoms with E-state index < -0.39 is 54.5 Å². The first-order chi connectivity index (χ1) is 16.0. The van der Waals surface area contributed by atoms with Crippen molar-refractivity contribution in [1.29, 1.82) is 0 Å². The Hall–Kier alpha value is -3.67. The Morgan fingerprint density at radius 2 is 1.62 bits per heavy atom. The first-order valence-corrected chi connectivity index (χ1v) is 10.3. The predicted molar refractivity (Wildman–Crippen MR) is 113 cm³/mol. The second kappa shape index (κ2) is 12.0. The molecule has 1 aromatic carbocycles. The molecule has 0 spiro atoms. The molecule has 1 aliphatic heterocycles. The second-order valence-electron chi connectivity index (χ2n) is 7.37. The number of benzene rings is 1. The van der Waals surface area contributed by atoms with Crippen LogP contribution in [0.25, 0.3) is 0 Å². The van der Waals surface area contributed by atoms with E-state index in [0.29, 0.717) is 11.8 Å². The monoisotopic (exact) mass is 481 g/mol. The van der Waals surface area contributed by atoms with E-state index in [1.54, 1.807) is 0 Å². The predicted octanol–water partition coefficient (Wildman–Crippen LogP) is 0.543. The third kappa shape index (κ3) is 7.17. The minimum absolute atomic E-state index is 0.146. The minimum atomic E-state index is -1.31. The van der Waals surface area contributed by atoms with Crippen LogP contribution >= 0.6 is 0 Å². The Balaban J connectivity index is 2.51. The lowest BCUT2D eigenvalue weighted by Crippen LogP contribution is -2.67. The van der Waals surface area contributed by atoms with Gasteiger partial charge in [-0.1, -0.05) is 0 Å². The summed E-state index contributed by atoms with van der Waals surface area (Å²) in [6, 6.07) is 3.22. The first-order valence-electron chi connectivity index (χ1n) is 10.3. The lowest BCUT2D eigenvalue weighted by atomic mass is 9.96. The van der Waals surface area contributed by atoms with Crippen LogP contribution in [0.1, 0.15) is 38.1 Å². The SMILES string of the molecule is COc1cc(C=O)ccc1O[C@H]1O[C@H](COC(C)=O)[C@@H](OC(C)=O)[C@@H](OC(C)=O)[C@@H]1NC(C)=O. The highest BCUT2D eigenvalue weighted by Crippen LogP contribution is 2.33. The number of carbonyl (C=O) groups is 5. The topological polar surface area (TPSA) is 153 Å². The number of esters is 3. The number of hydrogen-bond acceptors (Lipinski definition) is 11. The van der Waals surface area contributed by atoms with E-state index >= 15 is 0 Å². The summed E-state index contributed by atoms with van der Waals surface area (Å²) in [7, 11) is 1.37. The molecule has 0 aliphatic carbocycles. The van der Waals surface area contributed by atoms with Crippen molar-refractivity contribution < 1.29 is 52.4 Å². The zero-order chi connectivity index (χ0) is 25.4. The van der Waals surface area contributed by atoms with Gasteiger partial charge in [-0.05, 0) is 18.2 Å². The van der Waals surface area contributed by atoms with Crippen LogP contribution in [0.5, 0.6) is 11.5 Å². The van der Waals surface area contributed by atoms with Crippen LogP contribution in [-0.2, 0) is 38.1 Å². The molecule has 1 heterocycles. The van der Waals surface area contributed by atoms with E-state index in [2.05, 4.69) is 5.32 Å². The molecule has 0 unspecified atom stereocenters. The van der Waals surface area contributed by atoms with Crippen molar-refractivity contribution >= 4 is 30.1 Å². The highest BCUT2D eigenvalue weighted by Gasteiger charge is 2.52. The summed E-state index contributed by atoms with van der Waals surface area (Å²) in [5.74, 6) is -2.24. The molecule has 5 atom stereocenters. The van der Waals surface area contributed by atoms with Gasteiger partial charge in [-0.25, -0.2) is 0 Å². The summed E-state index contributed by atoms with van der Waals surface area (Å²) in [5.41, 5.74) is 0.326. The zero-order valence-electron chi connectivity index (χ0n) is 19.4. The van der Waals surface area contributed by atoms with Crippen LogP contribution in [0.4, 0.5) is 0 Å². The second-order valence-corrected chi connectivity index (χ2v) is 7.37. The van der Waals surface area contributed by atoms with Crippen molar-refractivity contribution in [3.8, 4) is 11.5 Å². The average molecular weight is 481 g/mol. The molecule has 34 heavy (non-hydrogen) atoms. The molecule has 1 N–H and O–H groups in total. The first kappa shape index (κ1) is 26.6. The number of rotatable bonds is 9. The lowest BCUT2D eigenvalue weighted by molar-refractivity contribution is -0.257. The van der Waals surface area contributed by atoms with Gasteiger partial charge in [-0.2, -0.15) is 0 Å². The molecule has 12 nitrogen and oxygen atoms in total. The Labute approximate surface area is 195 Å². The molecule has 12 heteroatoms. The number of carbonyl (C=O) groups excluding carboxylic acids is 5. The molecule has 1 saturated heterocycles. The Morgan fingerprint density at radius 1 is 0.971 bits per heavy atom. The molecule has 186 valence electrons. The molecule has 0 aromatic heterocycles. The minimum Gasteiger partial charge on any atom is -0.493 e. The number of methoxy groups -OCH3 is 1. The van der Waals surface area contributed by atoms with Gasteiger partial charge in [-0.15, -0.1) is 0 Å². The zero-order valence-corrected chi connectivity index (χ0v) is 19.4. The van der Waals surface area contributed by atoms with Crippen molar-refractivity contribution in [3.05, 3.63) is 23.8 Å². The van der Waals surface area contributed by atoms with Crippen LogP contribution in [0.15, 0.2) is 18.2 Å². The fourth-order valence-electron chi connectivity index (χ4n) is 3.37. The number of hydrogen-bond donors (Lipinski definition) is 1. The third-order valence-electron chi connectivity index (χ3n) is 4.64. The standard InChI is InChI=1S/C22H27NO11/c1-11(25)23-19-21(32-14(4)28)20(31-13(3)27)18(10-30-12(2)26)34-22(19)33-16-7-6-15(9-24)8-17(16)29-5/h6-9,18-22H,10H2,1-5H3,(H,23,25)/t18-,19+,20-,21+,22+/m1/s1. The van der Waals surface area contributed by atoms with E-state index in [1.165, 1.54) is 39.2 Å². The molecule has 0 saturated carbocycles. The van der Waals surface area contributed by atoms with Gasteiger partial charge >= 0.3 is 17.9 Å². The summed E-state index contributed by atoms with van der Waals surface area (Å²) in [4.78, 5) is 58.1. The van der Waals surface area contributed by atoms with Crippen molar-refractivity contribution in [2.45, 2.75) is 58.3 Å². The molecule has 1 fully saturated rings. The number of nitrogens with one attached hydrogen (secondary N) is 1. The Kier molecular flexibility index (Phi) is 9.36. The van der Waals surface area contributed by atoms with Crippen molar-refractivity contribution in [3.63, 3.8) is 0 Å². The quantitative estimate of drug-likeness (QED) is 0.299. The third-order valence-corrected chi connectivity index (χ3v) is 4.64. The number of aldehydes is 1. The van der Waals surface area contributed by atoms with Crippen molar-refractivity contribution in [2.24, 2.45) is 0 Å². The van der Waals surface area contributed by atoms with Gasteiger partial charge in [0.2, 0.25) is 12.2 Å². The van der Waals surface area contributed by atoms with E-state index in [9.17, 15) is 24.0 Å². The van der Waals surface area contributed by atoms with Crippen molar-refractivity contribution in [2.75, 3.05) is 13.7 Å². The maximum absolute atomic E-state index is 12.0. The van der Waals surface area contributed by atoms with Gasteiger partial charge < -0.3 is 33.7 Å². The van der Waals surface area contributed by atoms with E-state index in [-0.39, 0.29) is 18.1 Å². The fraction of sp³-hybridized carbons (Fsp3) is 0.500. The fourth-order valence-corrected chi connectivity index (χ4v) is 3.37. The maximum Gasteiger partial charge on any atom is 0.303 e. The summed E-state index contributed by atoms with van der Waals surface area (Å²) >= 11 is 0. The van der Waals surface area contributed by atoms with E-state index in [1.807, 2.05) is 0 Å². The Bertz CT molecular complexity index is 931. The summed E-state index contributed by atoms with van der Waals surface area (Å²) in [6.45, 7) is 4.33. The maximum atomic E-state index is 12.0. The summed E-state index contributed by atoms with van der Waals surface area (Å²) < 4.78 is 32.9. The van der Waals surface area contributed by atoms with Gasteiger partial charge in [0.05, 0.1) is 7.11 Å². The molecular formula is C22H27NO11. The van der Waals surface area contributed by atoms with Crippen molar-refractivity contribution in [1.82, 2.24) is 5.32 Å². The van der Waals surface area contributed by atoms with Crippen LogP contribution in [0.3, 0.4) is 0 Å². The van der Waals surface area contributed by atoms with Crippen LogP contribution in [-0.4, -0.2) is 74.5 Å². The normalized spacial score (nSPS) is 23.7. The van der Waals surface area contributed by atoms with Gasteiger partial charge in [0, 0.05) is 33.3 Å². The highest BCUT2D eigenvalue weighted by molar-refractivity contribution is 5.76. The van der Waals surface area contributed by atoms with Crippen LogP contribution in [0.2, 0.25) is 0 Å². The number of ether oxygens (including phenoxy) is 6. The van der Waals surface area contributed by atoms with Gasteiger partial charge in [0.15, 0.2) is 23.7 Å². The highest BCUT2D eigenvalue weighted by atomic mass is 16.7. The average Bonchev–Trinajstić information content (AvgIpc) is 2.75. The molecule has 1 aliphatic rings. The molecule has 2 rings (SSSR count). The van der Waals surface area contributed by atoms with Gasteiger partial charge in [0.1, 0.15) is 25.0 Å². The molecule has 1 aromatic rings. The largest absolute Gasteiger partial charge is 0.493 e. The molecule has 0 bridgehead atoms. The lowest BCUT2D eigenvalue weighted by Gasteiger charge is -2.44. The molecule has 0 radical (unpaired) electrons. The summed E-state index contributed by atoms with van der Waals surface area (Å²) in [6.07, 6.45) is -4.30. The van der Waals surface area contributed by atoms with Crippen LogP contribution < -0.4 is 14.8 Å². The smallest absolute Gasteiger partial charge is 0.303 e. The number of amides is 1.